The molecule has 0 atom stereocenters. The van der Waals surface area contributed by atoms with E-state index in [0.29, 0.717) is 18.7 Å². The van der Waals surface area contributed by atoms with Gasteiger partial charge < -0.3 is 54.2 Å². The summed E-state index contributed by atoms with van der Waals surface area (Å²) in [5, 5.41) is 57.4. The van der Waals surface area contributed by atoms with Crippen molar-refractivity contribution < 1.29 is 44.0 Å². The number of aliphatic hydroxyl groups is 4. The number of nitrogens with zero attached hydrogens (tertiary/aromatic N) is 13. The number of para-hydroxylation sites is 6. The summed E-state index contributed by atoms with van der Waals surface area (Å²) in [5.74, 6) is 3.86. The van der Waals surface area contributed by atoms with E-state index in [-0.39, 0.29) is 26.4 Å². The molecule has 8 aromatic carbocycles. The van der Waals surface area contributed by atoms with Crippen LogP contribution < -0.4 is 14.9 Å². The van der Waals surface area contributed by atoms with Crippen LogP contribution in [0.2, 0.25) is 0 Å². The van der Waals surface area contributed by atoms with Gasteiger partial charge in [0.25, 0.3) is 0 Å². The first kappa shape index (κ1) is 90.6. The van der Waals surface area contributed by atoms with Gasteiger partial charge in [0.05, 0.1) is 115 Å². The number of aliphatic hydroxyl groups excluding tert-OH is 4. The van der Waals surface area contributed by atoms with Crippen LogP contribution in [0.25, 0.3) is 123 Å². The minimum Gasteiger partial charge on any atom is -0.497 e. The number of nitrogens with one attached hydrogen (secondary N) is 4. The maximum atomic E-state index is 10.3. The number of H-pyrrole nitrogens is 4. The lowest BCUT2D eigenvalue weighted by Gasteiger charge is -2.32. The van der Waals surface area contributed by atoms with E-state index >= 15 is 0 Å². The molecule has 11 aromatic heterocycles. The zero-order valence-electron chi connectivity index (χ0n) is 72.7. The number of benzene rings is 8. The predicted octanol–water partition coefficient (Wildman–Crippen LogP) is 19.7. The highest BCUT2D eigenvalue weighted by Gasteiger charge is 2.52. The molecule has 0 unspecified atom stereocenters. The third kappa shape index (κ3) is 19.9. The second-order valence-corrected chi connectivity index (χ2v) is 34.3. The smallest absolute Gasteiger partial charge is 0.494 e. The number of ether oxygens (including phenoxy) is 2. The Kier molecular flexibility index (Phi) is 28.1. The molecule has 0 amide bonds. The molecule has 0 spiro atoms. The fourth-order valence-corrected chi connectivity index (χ4v) is 15.8. The summed E-state index contributed by atoms with van der Waals surface area (Å²) in [6.07, 6.45) is 17.9. The van der Waals surface area contributed by atoms with Crippen LogP contribution >= 0.6 is 47.8 Å². The molecule has 8 N–H and O–H groups in total. The number of aldehydes is 1. The highest BCUT2D eigenvalue weighted by molar-refractivity contribution is 9.11. The Morgan fingerprint density at radius 3 is 1.21 bits per heavy atom. The topological polar surface area (TPSA) is 350 Å². The van der Waals surface area contributed by atoms with Gasteiger partial charge in [-0.3, -0.25) is 44.2 Å². The van der Waals surface area contributed by atoms with Crippen molar-refractivity contribution in [2.24, 2.45) is 0 Å². The van der Waals surface area contributed by atoms with Gasteiger partial charge >= 0.3 is 7.12 Å². The zero-order valence-corrected chi connectivity index (χ0v) is 77.4. The van der Waals surface area contributed by atoms with Crippen LogP contribution in [0.4, 0.5) is 0 Å². The van der Waals surface area contributed by atoms with Gasteiger partial charge in [-0.2, -0.15) is 15.3 Å². The quantitative estimate of drug-likeness (QED) is 0.0310. The molecule has 0 saturated carbocycles. The normalized spacial score (nSPS) is 12.5. The number of carbonyl (C=O) groups excluding carboxylic acids is 1. The van der Waals surface area contributed by atoms with Gasteiger partial charge in [0, 0.05) is 108 Å². The van der Waals surface area contributed by atoms with Gasteiger partial charge in [-0.05, 0) is 279 Å². The highest BCUT2D eigenvalue weighted by atomic mass is 79.9. The second-order valence-electron chi connectivity index (χ2n) is 31.8. The average Bonchev–Trinajstić information content (AvgIpc) is 1.76. The van der Waals surface area contributed by atoms with Crippen LogP contribution in [0.15, 0.2) is 251 Å². The van der Waals surface area contributed by atoms with E-state index in [1.807, 2.05) is 166 Å². The first-order valence-electron chi connectivity index (χ1n) is 41.4. The largest absolute Gasteiger partial charge is 0.497 e. The minimum atomic E-state index is -0.451. The van der Waals surface area contributed by atoms with Crippen LogP contribution in [0.1, 0.15) is 99.3 Å². The fourth-order valence-electron chi connectivity index (χ4n) is 14.7. The number of carbonyl (C=O) groups is 1. The molecule has 1 fully saturated rings. The average molecular weight is 1920 g/mol. The van der Waals surface area contributed by atoms with Gasteiger partial charge in [-0.25, -0.2) is 15.0 Å². The molecule has 129 heavy (non-hydrogen) atoms. The molecular weight excluding hydrogens is 1820 g/mol. The fraction of sp³-hybridized carbons (Fsp3) is 0.192. The van der Waals surface area contributed by atoms with E-state index in [9.17, 15) is 15.0 Å². The summed E-state index contributed by atoms with van der Waals surface area (Å²) in [4.78, 5) is 55.2. The summed E-state index contributed by atoms with van der Waals surface area (Å²) in [7, 11) is 2.89. The van der Waals surface area contributed by atoms with Crippen molar-refractivity contribution in [2.45, 2.75) is 113 Å². The molecule has 1 aliphatic heterocycles. The minimum absolute atomic E-state index is 0.0230. The van der Waals surface area contributed by atoms with Crippen LogP contribution in [0.5, 0.6) is 11.5 Å². The number of hydrogen-bond donors (Lipinski definition) is 8. The lowest BCUT2D eigenvalue weighted by molar-refractivity contribution is 0.00578. The number of aromatic amines is 4. The standard InChI is InChI=1S/C29H25N5O2.C28H29BN4O3.C21H17N5O.2C7H8BrNO.C7H6BrNO/c1-18-21(17-35)14-30-15-24(18)20-9-12-27-23(13-20)28(29-31-25-5-3-4-6-26(25)32-29)33-34(27)16-19-7-10-22(36-2)11-8-19;1-27(2)28(3,4)36-29(35-27)19-12-15-24-21(16-19)25(26-30-22-8-6-7-9-23(22)31-26)32-33(24)17-18-10-13-20(34-5)14-11-18;1-12-14(11-27)9-22-10-16(12)13-6-7-17-15(8-13)20(26-25-17)21-23-18-4-2-3-5-19(18)24-21;3*1-5-6(4-10)2-9-3-7(5)8/h3-15,35H,16-17H2,1-2H3,(H,31,32);6-16H,17H2,1-5H3,(H,30,31);2-10,27H,11H2,1H3,(H,23,24)(H,25,26);2*2-3,10H,4H2,1H3;2-4H,1H3. The van der Waals surface area contributed by atoms with E-state index in [0.717, 1.165) is 220 Å². The van der Waals surface area contributed by atoms with Gasteiger partial charge in [0.15, 0.2) is 23.8 Å². The summed E-state index contributed by atoms with van der Waals surface area (Å²) in [6, 6.07) is 58.8. The third-order valence-electron chi connectivity index (χ3n) is 23.2. The third-order valence-corrected chi connectivity index (χ3v) is 25.6. The van der Waals surface area contributed by atoms with Crippen molar-refractivity contribution >= 4 is 132 Å². The number of pyridine rings is 5. The van der Waals surface area contributed by atoms with Crippen molar-refractivity contribution in [2.75, 3.05) is 14.2 Å². The van der Waals surface area contributed by atoms with Gasteiger partial charge in [-0.1, -0.05) is 84.9 Å². The second kappa shape index (κ2) is 40.0. The number of fused-ring (bicyclic) bond motifs is 6. The lowest BCUT2D eigenvalue weighted by Crippen LogP contribution is -2.41. The first-order chi connectivity index (χ1) is 62.4. The molecule has 30 heteroatoms. The van der Waals surface area contributed by atoms with Crippen molar-refractivity contribution in [3.8, 4) is 68.3 Å². The maximum absolute atomic E-state index is 10.3. The van der Waals surface area contributed by atoms with Crippen LogP contribution in [0, 0.1) is 34.6 Å². The Labute approximate surface area is 769 Å². The van der Waals surface area contributed by atoms with Gasteiger partial charge in [0.2, 0.25) is 0 Å². The molecule has 0 radical (unpaired) electrons. The number of imidazole rings is 3. The summed E-state index contributed by atoms with van der Waals surface area (Å²) in [5.41, 5.74) is 26.5. The molecule has 19 aromatic rings. The Bertz CT molecular complexity index is 7070. The van der Waals surface area contributed by atoms with E-state index in [4.69, 9.17) is 49.2 Å². The molecule has 26 nitrogen and oxygen atoms in total. The van der Waals surface area contributed by atoms with Crippen LogP contribution in [-0.2, 0) is 48.8 Å². The van der Waals surface area contributed by atoms with E-state index in [1.165, 1.54) is 0 Å². The number of aromatic nitrogens is 17. The molecule has 12 heterocycles. The van der Waals surface area contributed by atoms with Crippen LogP contribution in [0.3, 0.4) is 0 Å². The van der Waals surface area contributed by atoms with Gasteiger partial charge in [-0.15, -0.1) is 0 Å². The van der Waals surface area contributed by atoms with Crippen molar-refractivity contribution in [3.63, 3.8) is 0 Å². The maximum Gasteiger partial charge on any atom is 0.494 e. The Hall–Kier alpha value is -13.1. The predicted molar refractivity (Wildman–Crippen MR) is 516 cm³/mol. The Morgan fingerprint density at radius 2 is 0.798 bits per heavy atom. The zero-order chi connectivity index (χ0) is 90.8. The Balaban J connectivity index is 0.000000128. The highest BCUT2D eigenvalue weighted by Crippen LogP contribution is 2.40. The number of hydrogen-bond acceptors (Lipinski definition) is 20. The SMILES string of the molecule is COc1ccc(Cn2nc(-c3nc4ccccc4[nH]3)c3cc(-c4cncc(CO)c4C)ccc32)cc1.COc1ccc(Cn2nc(-c3nc4ccccc4[nH]3)c3cc(B4OC(C)(C)C(C)(C)O4)ccc32)cc1.Cc1c(Br)cncc1C=O.Cc1c(Br)cncc1CO.Cc1c(Br)cncc1CO.Cc1c(CO)cncc1-c1ccc2[nH]nc(-c3nc4ccccc4[nH]3)c2c1. The first-order valence-corrected chi connectivity index (χ1v) is 43.8. The van der Waals surface area contributed by atoms with E-state index in [1.54, 1.807) is 63.8 Å². The molecule has 0 bridgehead atoms. The molecule has 1 saturated heterocycles. The molecule has 0 aliphatic carbocycles. The monoisotopic (exact) mass is 1910 g/mol. The molecule has 20 rings (SSSR count). The lowest BCUT2D eigenvalue weighted by atomic mass is 9.78. The van der Waals surface area contributed by atoms with Crippen LogP contribution in [-0.4, -0.2) is 144 Å². The van der Waals surface area contributed by atoms with E-state index in [2.05, 4.69) is 197 Å². The van der Waals surface area contributed by atoms with Gasteiger partial charge in [0.1, 0.15) is 28.6 Å². The molecular formula is C99H93BBr3N17O9. The molecule has 652 valence electrons. The number of halogens is 3. The number of methoxy groups -OCH3 is 2. The van der Waals surface area contributed by atoms with Crippen molar-refractivity contribution in [1.82, 2.24) is 84.6 Å². The summed E-state index contributed by atoms with van der Waals surface area (Å²) < 4.78 is 30.1. The summed E-state index contributed by atoms with van der Waals surface area (Å²) in [6.45, 7) is 19.3. The van der Waals surface area contributed by atoms with Crippen molar-refractivity contribution in [1.29, 1.82) is 0 Å². The van der Waals surface area contributed by atoms with Crippen molar-refractivity contribution in [3.05, 3.63) is 318 Å². The molecule has 1 aliphatic rings. The summed E-state index contributed by atoms with van der Waals surface area (Å²) >= 11 is 9.89. The number of rotatable bonds is 17. The van der Waals surface area contributed by atoms with E-state index < -0.39 is 18.3 Å². The Morgan fingerprint density at radius 1 is 0.419 bits per heavy atom.